The van der Waals surface area contributed by atoms with E-state index in [1.54, 1.807) is 12.1 Å². The van der Waals surface area contributed by atoms with Crippen LogP contribution >= 0.6 is 0 Å². The molecule has 32 heavy (non-hydrogen) atoms. The van der Waals surface area contributed by atoms with Crippen molar-refractivity contribution in [2.75, 3.05) is 39.4 Å². The molecule has 0 bridgehead atoms. The van der Waals surface area contributed by atoms with Crippen molar-refractivity contribution >= 4 is 5.91 Å². The van der Waals surface area contributed by atoms with Crippen LogP contribution in [0.1, 0.15) is 53.5 Å². The Morgan fingerprint density at radius 3 is 2.81 bits per heavy atom. The van der Waals surface area contributed by atoms with Gasteiger partial charge in [0.05, 0.1) is 25.9 Å². The number of likely N-dealkylation sites (tertiary alicyclic amines) is 1. The number of amides is 1. The van der Waals surface area contributed by atoms with E-state index in [4.69, 9.17) is 9.47 Å². The number of carbonyl (C=O) groups is 1. The van der Waals surface area contributed by atoms with Gasteiger partial charge in [-0.1, -0.05) is 19.1 Å². The van der Waals surface area contributed by atoms with Crippen LogP contribution in [0.25, 0.3) is 0 Å². The van der Waals surface area contributed by atoms with E-state index in [0.717, 1.165) is 55.7 Å². The Hall–Kier alpha value is -2.29. The first-order chi connectivity index (χ1) is 15.6. The second-order valence-electron chi connectivity index (χ2n) is 8.47. The Labute approximate surface area is 188 Å². The van der Waals surface area contributed by atoms with Crippen molar-refractivity contribution in [3.8, 4) is 0 Å². The smallest absolute Gasteiger partial charge is 0.272 e. The van der Waals surface area contributed by atoms with Crippen LogP contribution in [0.3, 0.4) is 0 Å². The lowest BCUT2D eigenvalue weighted by atomic mass is 10.1. The SMILES string of the molecule is CCN1CCC(OCCCNC(=O)c2nn(Cc3ccc(F)cc3)c3c2COCC3)CC1. The number of halogens is 1. The van der Waals surface area contributed by atoms with Crippen LogP contribution in [0, 0.1) is 5.82 Å². The summed E-state index contributed by atoms with van der Waals surface area (Å²) in [5.41, 5.74) is 3.24. The number of nitrogens with one attached hydrogen (secondary N) is 1. The van der Waals surface area contributed by atoms with E-state index in [9.17, 15) is 9.18 Å². The predicted molar refractivity (Wildman–Crippen MR) is 119 cm³/mol. The zero-order chi connectivity index (χ0) is 22.3. The maximum Gasteiger partial charge on any atom is 0.272 e. The molecule has 0 spiro atoms. The molecule has 1 amide bonds. The number of nitrogens with zero attached hydrogens (tertiary/aromatic N) is 3. The summed E-state index contributed by atoms with van der Waals surface area (Å²) in [7, 11) is 0. The summed E-state index contributed by atoms with van der Waals surface area (Å²) in [6.45, 7) is 8.20. The van der Waals surface area contributed by atoms with Gasteiger partial charge in [-0.15, -0.1) is 0 Å². The molecule has 0 radical (unpaired) electrons. The van der Waals surface area contributed by atoms with Crippen LogP contribution in [-0.4, -0.2) is 66.1 Å². The molecule has 4 rings (SSSR count). The molecule has 2 aliphatic rings. The monoisotopic (exact) mass is 444 g/mol. The van der Waals surface area contributed by atoms with Gasteiger partial charge in [0.1, 0.15) is 5.82 Å². The molecule has 1 saturated heterocycles. The third-order valence-electron chi connectivity index (χ3n) is 6.30. The van der Waals surface area contributed by atoms with Crippen molar-refractivity contribution < 1.29 is 18.7 Å². The van der Waals surface area contributed by atoms with Gasteiger partial charge in [-0.05, 0) is 43.5 Å². The number of hydrogen-bond acceptors (Lipinski definition) is 5. The molecule has 2 aromatic rings. The van der Waals surface area contributed by atoms with E-state index in [2.05, 4.69) is 22.2 Å². The van der Waals surface area contributed by atoms with Gasteiger partial charge in [-0.2, -0.15) is 5.10 Å². The van der Waals surface area contributed by atoms with Crippen LogP contribution in [0.15, 0.2) is 24.3 Å². The molecule has 1 aromatic carbocycles. The zero-order valence-corrected chi connectivity index (χ0v) is 18.8. The summed E-state index contributed by atoms with van der Waals surface area (Å²) >= 11 is 0. The first-order valence-electron chi connectivity index (χ1n) is 11.7. The summed E-state index contributed by atoms with van der Waals surface area (Å²) in [6, 6.07) is 6.37. The van der Waals surface area contributed by atoms with Gasteiger partial charge in [0.2, 0.25) is 0 Å². The van der Waals surface area contributed by atoms with Crippen LogP contribution in [0.5, 0.6) is 0 Å². The van der Waals surface area contributed by atoms with Gasteiger partial charge < -0.3 is 19.7 Å². The Balaban J connectivity index is 1.28. The number of aromatic nitrogens is 2. The van der Waals surface area contributed by atoms with Crippen molar-refractivity contribution in [2.24, 2.45) is 0 Å². The summed E-state index contributed by atoms with van der Waals surface area (Å²) in [4.78, 5) is 15.3. The summed E-state index contributed by atoms with van der Waals surface area (Å²) < 4.78 is 26.6. The van der Waals surface area contributed by atoms with Gasteiger partial charge >= 0.3 is 0 Å². The predicted octanol–water partition coefficient (Wildman–Crippen LogP) is 2.76. The number of rotatable bonds is 9. The lowest BCUT2D eigenvalue weighted by Gasteiger charge is -2.30. The Kier molecular flexibility index (Phi) is 7.89. The minimum atomic E-state index is -0.264. The highest BCUT2D eigenvalue weighted by Crippen LogP contribution is 2.22. The number of carbonyl (C=O) groups excluding carboxylic acids is 1. The number of benzene rings is 1. The Bertz CT molecular complexity index is 891. The van der Waals surface area contributed by atoms with Gasteiger partial charge in [0.25, 0.3) is 5.91 Å². The van der Waals surface area contributed by atoms with Crippen molar-refractivity contribution in [1.29, 1.82) is 0 Å². The number of ether oxygens (including phenoxy) is 2. The van der Waals surface area contributed by atoms with E-state index in [1.807, 2.05) is 4.68 Å². The summed E-state index contributed by atoms with van der Waals surface area (Å²) in [5.74, 6) is -0.444. The minimum absolute atomic E-state index is 0.180. The molecule has 0 unspecified atom stereocenters. The topological polar surface area (TPSA) is 68.6 Å². The highest BCUT2D eigenvalue weighted by Gasteiger charge is 2.25. The summed E-state index contributed by atoms with van der Waals surface area (Å²) in [6.07, 6.45) is 3.98. The number of fused-ring (bicyclic) bond motifs is 1. The second-order valence-corrected chi connectivity index (χ2v) is 8.47. The average molecular weight is 445 g/mol. The first-order valence-corrected chi connectivity index (χ1v) is 11.7. The van der Waals surface area contributed by atoms with Gasteiger partial charge in [0.15, 0.2) is 5.69 Å². The molecule has 7 nitrogen and oxygen atoms in total. The van der Waals surface area contributed by atoms with E-state index < -0.39 is 0 Å². The van der Waals surface area contributed by atoms with Crippen LogP contribution < -0.4 is 5.32 Å². The largest absolute Gasteiger partial charge is 0.378 e. The van der Waals surface area contributed by atoms with Crippen molar-refractivity contribution in [3.05, 3.63) is 52.6 Å². The molecule has 1 aromatic heterocycles. The molecule has 2 aliphatic heterocycles. The second kappa shape index (κ2) is 11.0. The fourth-order valence-electron chi connectivity index (χ4n) is 4.38. The highest BCUT2D eigenvalue weighted by molar-refractivity contribution is 5.94. The molecular formula is C24H33FN4O3. The zero-order valence-electron chi connectivity index (χ0n) is 18.8. The van der Waals surface area contributed by atoms with Gasteiger partial charge in [-0.25, -0.2) is 4.39 Å². The molecule has 1 N–H and O–H groups in total. The third kappa shape index (κ3) is 5.74. The standard InChI is InChI=1S/C24H33FN4O3/c1-2-28-12-8-20(9-13-28)32-14-3-11-26-24(30)23-21-17-31-15-10-22(21)29(27-23)16-18-4-6-19(25)7-5-18/h4-7,20H,2-3,8-17H2,1H3,(H,26,30). The molecule has 174 valence electrons. The highest BCUT2D eigenvalue weighted by atomic mass is 19.1. The lowest BCUT2D eigenvalue weighted by Crippen LogP contribution is -2.37. The molecular weight excluding hydrogens is 411 g/mol. The molecule has 0 aliphatic carbocycles. The van der Waals surface area contributed by atoms with Gasteiger partial charge in [0, 0.05) is 43.9 Å². The average Bonchev–Trinajstić information content (AvgIpc) is 3.19. The van der Waals surface area contributed by atoms with Crippen molar-refractivity contribution in [3.63, 3.8) is 0 Å². The van der Waals surface area contributed by atoms with E-state index >= 15 is 0 Å². The Morgan fingerprint density at radius 2 is 2.06 bits per heavy atom. The molecule has 0 atom stereocenters. The maximum atomic E-state index is 13.2. The minimum Gasteiger partial charge on any atom is -0.378 e. The van der Waals surface area contributed by atoms with Crippen molar-refractivity contribution in [2.45, 2.75) is 51.9 Å². The van der Waals surface area contributed by atoms with E-state index in [-0.39, 0.29) is 11.7 Å². The first kappa shape index (κ1) is 22.9. The molecule has 0 saturated carbocycles. The van der Waals surface area contributed by atoms with Crippen LogP contribution in [-0.2, 0) is 29.0 Å². The lowest BCUT2D eigenvalue weighted by molar-refractivity contribution is 0.00782. The fraction of sp³-hybridized carbons (Fsp3) is 0.583. The Morgan fingerprint density at radius 1 is 1.28 bits per heavy atom. The normalized spacial score (nSPS) is 17.3. The third-order valence-corrected chi connectivity index (χ3v) is 6.30. The van der Waals surface area contributed by atoms with Crippen LogP contribution in [0.2, 0.25) is 0 Å². The molecule has 1 fully saturated rings. The number of hydrogen-bond donors (Lipinski definition) is 1. The quantitative estimate of drug-likeness (QED) is 0.603. The fourth-order valence-corrected chi connectivity index (χ4v) is 4.38. The van der Waals surface area contributed by atoms with Crippen LogP contribution in [0.4, 0.5) is 4.39 Å². The number of piperidine rings is 1. The maximum absolute atomic E-state index is 13.2. The van der Waals surface area contributed by atoms with Crippen molar-refractivity contribution in [1.82, 2.24) is 20.0 Å². The van der Waals surface area contributed by atoms with E-state index in [0.29, 0.717) is 51.1 Å². The molecule has 3 heterocycles. The molecule has 8 heteroatoms. The van der Waals surface area contributed by atoms with E-state index in [1.165, 1.54) is 12.1 Å². The van der Waals surface area contributed by atoms with Gasteiger partial charge in [-0.3, -0.25) is 9.48 Å². The summed E-state index contributed by atoms with van der Waals surface area (Å²) in [5, 5.41) is 7.57.